The molecule has 0 bridgehead atoms. The first-order valence-corrected chi connectivity index (χ1v) is 5.25. The highest BCUT2D eigenvalue weighted by Crippen LogP contribution is 2.24. The molecule has 6 nitrogen and oxygen atoms in total. The lowest BCUT2D eigenvalue weighted by atomic mass is 10.0. The maximum atomic E-state index is 5.72. The van der Waals surface area contributed by atoms with Crippen LogP contribution in [0.3, 0.4) is 0 Å². The second-order valence-corrected chi connectivity index (χ2v) is 4.00. The molecule has 0 amide bonds. The summed E-state index contributed by atoms with van der Waals surface area (Å²) in [6.07, 6.45) is 0. The zero-order chi connectivity index (χ0) is 11.3. The Morgan fingerprint density at radius 2 is 0.875 bits per heavy atom. The minimum atomic E-state index is -0.424. The van der Waals surface area contributed by atoms with Crippen molar-refractivity contribution in [2.75, 3.05) is 0 Å². The lowest BCUT2D eigenvalue weighted by molar-refractivity contribution is 1.12. The van der Waals surface area contributed by atoms with Gasteiger partial charge in [-0.1, -0.05) is 0 Å². The van der Waals surface area contributed by atoms with E-state index in [-0.39, 0.29) is 15.9 Å². The van der Waals surface area contributed by atoms with Gasteiger partial charge in [0.15, 0.2) is 17.5 Å². The fourth-order valence-corrected chi connectivity index (χ4v) is 1.97. The first-order valence-electron chi connectivity index (χ1n) is 4.12. The van der Waals surface area contributed by atoms with Gasteiger partial charge in [-0.3, -0.25) is 0 Å². The van der Waals surface area contributed by atoms with Crippen molar-refractivity contribution in [2.45, 2.75) is 0 Å². The summed E-state index contributed by atoms with van der Waals surface area (Å²) in [5.41, 5.74) is 0. The minimum absolute atomic E-state index is 0.0332. The van der Waals surface area contributed by atoms with E-state index in [1.807, 2.05) is 0 Å². The van der Waals surface area contributed by atoms with Crippen LogP contribution in [0.4, 0.5) is 0 Å². The van der Waals surface area contributed by atoms with E-state index in [2.05, 4.69) is 30.0 Å². The predicted molar refractivity (Wildman–Crippen MR) is 65.7 cm³/mol. The average molecular weight is 275 g/mol. The molecule has 0 aliphatic carbocycles. The summed E-state index contributed by atoms with van der Waals surface area (Å²) in [6, 6.07) is 0. The molecule has 0 fully saturated rings. The van der Waals surface area contributed by atoms with E-state index < -0.39 is 5.92 Å². The Balaban J connectivity index is 2.24. The molecule has 0 aromatic rings. The van der Waals surface area contributed by atoms with Crippen LogP contribution in [-0.4, -0.2) is 33.4 Å². The molecule has 0 unspecified atom stereocenters. The molecular weight excluding hydrogens is 274 g/mol. The number of amidine groups is 6. The van der Waals surface area contributed by atoms with Gasteiger partial charge in [0.05, 0.1) is 0 Å². The fourth-order valence-electron chi connectivity index (χ4n) is 1.45. The lowest BCUT2D eigenvalue weighted by Crippen LogP contribution is -2.38. The Labute approximate surface area is 104 Å². The van der Waals surface area contributed by atoms with Crippen LogP contribution in [0.5, 0.6) is 0 Å². The molecule has 0 radical (unpaired) electrons. The van der Waals surface area contributed by atoms with Gasteiger partial charge in [-0.05, 0) is 34.8 Å². The predicted octanol–water partition coefficient (Wildman–Crippen LogP) is 1.62. The van der Waals surface area contributed by atoms with Crippen LogP contribution >= 0.6 is 34.8 Å². The third-order valence-corrected chi connectivity index (χ3v) is 2.52. The number of hydrogen-bond donors (Lipinski definition) is 0. The molecular formula is C7HCl3N6. The molecule has 3 aliphatic heterocycles. The number of rotatable bonds is 0. The number of hydrogen-bond acceptors (Lipinski definition) is 6. The van der Waals surface area contributed by atoms with E-state index in [1.165, 1.54) is 0 Å². The number of aliphatic imine (C=N–C) groups is 6. The molecule has 0 spiro atoms. The topological polar surface area (TPSA) is 74.2 Å². The van der Waals surface area contributed by atoms with Crippen molar-refractivity contribution in [2.24, 2.45) is 35.9 Å². The van der Waals surface area contributed by atoms with Gasteiger partial charge in [-0.25, -0.2) is 30.0 Å². The molecule has 0 saturated heterocycles. The van der Waals surface area contributed by atoms with Crippen LogP contribution in [0.1, 0.15) is 0 Å². The van der Waals surface area contributed by atoms with Crippen molar-refractivity contribution in [3.8, 4) is 0 Å². The van der Waals surface area contributed by atoms with E-state index in [1.54, 1.807) is 0 Å². The Bertz CT molecular complexity index is 486. The molecule has 0 aromatic carbocycles. The van der Waals surface area contributed by atoms with Crippen molar-refractivity contribution in [3.05, 3.63) is 0 Å². The molecule has 0 atom stereocenters. The largest absolute Gasteiger partial charge is 0.225 e. The standard InChI is InChI=1S/C7HCl3N6/c8-5-11-2-1-3(13-5)15-7(10)16-4(1)14-6(9)12-2/h1H. The summed E-state index contributed by atoms with van der Waals surface area (Å²) in [7, 11) is 0. The molecule has 80 valence electrons. The zero-order valence-electron chi connectivity index (χ0n) is 7.39. The van der Waals surface area contributed by atoms with E-state index in [0.717, 1.165) is 0 Å². The smallest absolute Gasteiger partial charge is 0.201 e. The highest BCUT2D eigenvalue weighted by Gasteiger charge is 2.37. The van der Waals surface area contributed by atoms with E-state index >= 15 is 0 Å². The van der Waals surface area contributed by atoms with Gasteiger partial charge in [-0.15, -0.1) is 0 Å². The molecule has 16 heavy (non-hydrogen) atoms. The van der Waals surface area contributed by atoms with Crippen molar-refractivity contribution < 1.29 is 0 Å². The van der Waals surface area contributed by atoms with Gasteiger partial charge in [0.2, 0.25) is 15.9 Å². The summed E-state index contributed by atoms with van der Waals surface area (Å²) in [5, 5.41) is 0.0995. The second kappa shape index (κ2) is 3.44. The lowest BCUT2D eigenvalue weighted by Gasteiger charge is -2.23. The van der Waals surface area contributed by atoms with Crippen LogP contribution in [0.25, 0.3) is 0 Å². The van der Waals surface area contributed by atoms with Crippen molar-refractivity contribution >= 4 is 68.2 Å². The van der Waals surface area contributed by atoms with Gasteiger partial charge in [0.25, 0.3) is 0 Å². The van der Waals surface area contributed by atoms with Gasteiger partial charge >= 0.3 is 0 Å². The molecule has 3 rings (SSSR count). The third kappa shape index (κ3) is 1.50. The van der Waals surface area contributed by atoms with Gasteiger partial charge in [-0.2, -0.15) is 0 Å². The van der Waals surface area contributed by atoms with Crippen LogP contribution in [0, 0.1) is 5.92 Å². The Morgan fingerprint density at radius 3 is 1.19 bits per heavy atom. The Kier molecular flexibility index (Phi) is 2.17. The van der Waals surface area contributed by atoms with Crippen molar-refractivity contribution in [3.63, 3.8) is 0 Å². The summed E-state index contributed by atoms with van der Waals surface area (Å²) in [5.74, 6) is 0.706. The van der Waals surface area contributed by atoms with E-state index in [0.29, 0.717) is 17.5 Å². The second-order valence-electron chi connectivity index (χ2n) is 2.99. The first kappa shape index (κ1) is 10.1. The molecule has 3 heterocycles. The maximum absolute atomic E-state index is 5.72. The molecule has 0 saturated carbocycles. The number of halogens is 3. The van der Waals surface area contributed by atoms with Crippen molar-refractivity contribution in [1.29, 1.82) is 0 Å². The van der Waals surface area contributed by atoms with E-state index in [4.69, 9.17) is 34.8 Å². The first-order chi connectivity index (χ1) is 7.63. The summed E-state index contributed by atoms with van der Waals surface area (Å²) in [4.78, 5) is 23.7. The normalized spacial score (nSPS) is 23.4. The molecule has 9 heteroatoms. The fraction of sp³-hybridized carbons (Fsp3) is 0.143. The average Bonchev–Trinajstić information content (AvgIpc) is 2.14. The highest BCUT2D eigenvalue weighted by atomic mass is 35.5. The van der Waals surface area contributed by atoms with Gasteiger partial charge in [0, 0.05) is 0 Å². The van der Waals surface area contributed by atoms with Crippen LogP contribution in [0.2, 0.25) is 0 Å². The molecule has 3 aliphatic rings. The zero-order valence-corrected chi connectivity index (χ0v) is 9.66. The summed E-state index contributed by atoms with van der Waals surface area (Å²) in [6.45, 7) is 0. The van der Waals surface area contributed by atoms with Crippen molar-refractivity contribution in [1.82, 2.24) is 0 Å². The summed E-state index contributed by atoms with van der Waals surface area (Å²) < 4.78 is 0. The molecule has 0 aromatic heterocycles. The van der Waals surface area contributed by atoms with Crippen LogP contribution < -0.4 is 0 Å². The van der Waals surface area contributed by atoms with Gasteiger partial charge < -0.3 is 0 Å². The van der Waals surface area contributed by atoms with E-state index in [9.17, 15) is 0 Å². The van der Waals surface area contributed by atoms with Gasteiger partial charge in [0.1, 0.15) is 5.92 Å². The molecule has 0 N–H and O–H groups in total. The maximum Gasteiger partial charge on any atom is 0.225 e. The third-order valence-electron chi connectivity index (χ3n) is 2.02. The Hall–Kier alpha value is -1.11. The SMILES string of the molecule is ClC1=NC2=NC(Cl)=NC3=NC(Cl)=NC(=N1)C23. The summed E-state index contributed by atoms with van der Waals surface area (Å²) >= 11 is 17.2. The van der Waals surface area contributed by atoms with Crippen LogP contribution in [0.15, 0.2) is 30.0 Å². The Morgan fingerprint density at radius 1 is 0.562 bits per heavy atom. The number of nitrogens with zero attached hydrogens (tertiary/aromatic N) is 6. The minimum Gasteiger partial charge on any atom is -0.201 e. The van der Waals surface area contributed by atoms with Crippen LogP contribution in [-0.2, 0) is 0 Å². The quantitative estimate of drug-likeness (QED) is 0.603. The monoisotopic (exact) mass is 274 g/mol. The highest BCUT2D eigenvalue weighted by molar-refractivity contribution is 6.71.